The van der Waals surface area contributed by atoms with E-state index >= 15 is 0 Å². The van der Waals surface area contributed by atoms with E-state index in [1.807, 2.05) is 30.3 Å². The van der Waals surface area contributed by atoms with Crippen LogP contribution in [0, 0.1) is 0 Å². The zero-order chi connectivity index (χ0) is 20.1. The number of methoxy groups -OCH3 is 1. The summed E-state index contributed by atoms with van der Waals surface area (Å²) in [4.78, 5) is 35.2. The van der Waals surface area contributed by atoms with Crippen LogP contribution in [-0.2, 0) is 25.5 Å². The van der Waals surface area contributed by atoms with Crippen LogP contribution in [-0.4, -0.2) is 50.1 Å². The van der Waals surface area contributed by atoms with Gasteiger partial charge >= 0.3 is 0 Å². The Morgan fingerprint density at radius 2 is 1.85 bits per heavy atom. The molecule has 0 bridgehead atoms. The Hall–Kier alpha value is -2.45. The number of benzene rings is 1. The van der Waals surface area contributed by atoms with Crippen molar-refractivity contribution in [1.29, 1.82) is 0 Å². The number of nitrogens with one attached hydrogen (secondary N) is 2. The number of carbonyl (C=O) groups excluding carboxylic acids is 3. The quantitative estimate of drug-likeness (QED) is 0.354. The van der Waals surface area contributed by atoms with Gasteiger partial charge in [-0.15, -0.1) is 0 Å². The number of amides is 3. The fourth-order valence-electron chi connectivity index (χ4n) is 2.48. The Bertz CT molecular complexity index is 595. The molecule has 6 N–H and O–H groups in total. The summed E-state index contributed by atoms with van der Waals surface area (Å²) >= 11 is 0. The summed E-state index contributed by atoms with van der Waals surface area (Å²) in [6.45, 7) is 0.912. The second-order valence-electron chi connectivity index (χ2n) is 6.35. The highest BCUT2D eigenvalue weighted by Gasteiger charge is 2.22. The fourth-order valence-corrected chi connectivity index (χ4v) is 2.48. The summed E-state index contributed by atoms with van der Waals surface area (Å²) in [6, 6.07) is 7.78. The van der Waals surface area contributed by atoms with Gasteiger partial charge in [-0.1, -0.05) is 30.3 Å². The molecular formula is C19H30N4O4. The number of carbonyl (C=O) groups is 3. The van der Waals surface area contributed by atoms with Crippen molar-refractivity contribution < 1.29 is 19.1 Å². The van der Waals surface area contributed by atoms with Gasteiger partial charge in [0, 0.05) is 26.5 Å². The highest BCUT2D eigenvalue weighted by Crippen LogP contribution is 2.04. The summed E-state index contributed by atoms with van der Waals surface area (Å²) in [5.41, 5.74) is 12.2. The molecule has 8 heteroatoms. The van der Waals surface area contributed by atoms with E-state index < -0.39 is 23.9 Å². The molecule has 2 atom stereocenters. The van der Waals surface area contributed by atoms with Gasteiger partial charge < -0.3 is 26.8 Å². The number of rotatable bonds is 13. The lowest BCUT2D eigenvalue weighted by molar-refractivity contribution is -0.128. The highest BCUT2D eigenvalue weighted by atomic mass is 16.5. The maximum Gasteiger partial charge on any atom is 0.240 e. The van der Waals surface area contributed by atoms with Crippen molar-refractivity contribution in [2.75, 3.05) is 20.3 Å². The lowest BCUT2D eigenvalue weighted by Crippen LogP contribution is -2.51. The van der Waals surface area contributed by atoms with E-state index in [1.54, 1.807) is 7.11 Å². The van der Waals surface area contributed by atoms with Gasteiger partial charge in [-0.2, -0.15) is 0 Å². The van der Waals surface area contributed by atoms with Crippen molar-refractivity contribution in [2.24, 2.45) is 11.5 Å². The van der Waals surface area contributed by atoms with Gasteiger partial charge in [-0.05, 0) is 24.8 Å². The summed E-state index contributed by atoms with van der Waals surface area (Å²) in [5.74, 6) is -1.07. The van der Waals surface area contributed by atoms with E-state index in [4.69, 9.17) is 16.2 Å². The molecule has 8 nitrogen and oxygen atoms in total. The van der Waals surface area contributed by atoms with Crippen LogP contribution in [0.1, 0.15) is 31.2 Å². The van der Waals surface area contributed by atoms with Crippen LogP contribution < -0.4 is 22.1 Å². The standard InChI is InChI=1S/C19H30N4O4/c1-27-12-10-17(24)22-11-6-5-9-15(20)19(26)23-16(18(21)25)13-14-7-3-2-4-8-14/h2-4,7-8,15-16H,5-6,9-13,20H2,1H3,(H2,21,25)(H,22,24)(H,23,26)/t15-,16-/m0/s1. The normalized spacial score (nSPS) is 12.8. The van der Waals surface area contributed by atoms with E-state index in [1.165, 1.54) is 0 Å². The van der Waals surface area contributed by atoms with Crippen LogP contribution >= 0.6 is 0 Å². The van der Waals surface area contributed by atoms with Crippen molar-refractivity contribution in [2.45, 2.75) is 44.2 Å². The average molecular weight is 378 g/mol. The van der Waals surface area contributed by atoms with Crippen LogP contribution in [0.2, 0.25) is 0 Å². The minimum atomic E-state index is -0.800. The van der Waals surface area contributed by atoms with Gasteiger partial charge in [0.15, 0.2) is 0 Å². The maximum absolute atomic E-state index is 12.2. The molecule has 1 aromatic rings. The zero-order valence-electron chi connectivity index (χ0n) is 15.8. The molecule has 1 aromatic carbocycles. The Balaban J connectivity index is 2.31. The van der Waals surface area contributed by atoms with Gasteiger partial charge in [0.25, 0.3) is 0 Å². The molecule has 0 spiro atoms. The van der Waals surface area contributed by atoms with Crippen LogP contribution in [0.25, 0.3) is 0 Å². The SMILES string of the molecule is COCCC(=O)NCCCC[C@H](N)C(=O)N[C@@H](Cc1ccccc1)C(N)=O. The van der Waals surface area contributed by atoms with Crippen LogP contribution in [0.4, 0.5) is 0 Å². The van der Waals surface area contributed by atoms with Crippen molar-refractivity contribution in [3.8, 4) is 0 Å². The molecule has 150 valence electrons. The minimum absolute atomic E-state index is 0.0656. The third kappa shape index (κ3) is 9.72. The first-order valence-corrected chi connectivity index (χ1v) is 9.09. The molecule has 0 unspecified atom stereocenters. The molecule has 0 aliphatic carbocycles. The molecule has 0 aliphatic rings. The van der Waals surface area contributed by atoms with Crippen LogP contribution in [0.3, 0.4) is 0 Å². The molecule has 0 aliphatic heterocycles. The number of unbranched alkanes of at least 4 members (excludes halogenated alkanes) is 1. The van der Waals surface area contributed by atoms with Gasteiger partial charge in [-0.3, -0.25) is 14.4 Å². The van der Waals surface area contributed by atoms with E-state index in [9.17, 15) is 14.4 Å². The number of hydrogen-bond acceptors (Lipinski definition) is 5. The largest absolute Gasteiger partial charge is 0.384 e. The van der Waals surface area contributed by atoms with E-state index in [-0.39, 0.29) is 5.91 Å². The third-order valence-electron chi connectivity index (χ3n) is 4.08. The van der Waals surface area contributed by atoms with Crippen molar-refractivity contribution in [1.82, 2.24) is 10.6 Å². The summed E-state index contributed by atoms with van der Waals surface area (Å²) in [7, 11) is 1.54. The first kappa shape index (κ1) is 22.6. The zero-order valence-corrected chi connectivity index (χ0v) is 15.8. The molecule has 1 rings (SSSR count). The van der Waals surface area contributed by atoms with Gasteiger partial charge in [0.1, 0.15) is 6.04 Å². The number of hydrogen-bond donors (Lipinski definition) is 4. The highest BCUT2D eigenvalue weighted by molar-refractivity contribution is 5.89. The average Bonchev–Trinajstić information content (AvgIpc) is 2.65. The third-order valence-corrected chi connectivity index (χ3v) is 4.08. The maximum atomic E-state index is 12.2. The Morgan fingerprint density at radius 3 is 2.48 bits per heavy atom. The molecule has 0 saturated heterocycles. The number of ether oxygens (including phenoxy) is 1. The molecule has 0 aromatic heterocycles. The monoisotopic (exact) mass is 378 g/mol. The van der Waals surface area contributed by atoms with Crippen LogP contribution in [0.15, 0.2) is 30.3 Å². The van der Waals surface area contributed by atoms with Gasteiger partial charge in [0.05, 0.1) is 12.6 Å². The second-order valence-corrected chi connectivity index (χ2v) is 6.35. The summed E-state index contributed by atoms with van der Waals surface area (Å²) in [5, 5.41) is 5.40. The van der Waals surface area contributed by atoms with E-state index in [0.29, 0.717) is 45.3 Å². The topological polar surface area (TPSA) is 137 Å². The molecule has 3 amide bonds. The first-order chi connectivity index (χ1) is 12.9. The summed E-state index contributed by atoms with van der Waals surface area (Å²) < 4.78 is 4.83. The van der Waals surface area contributed by atoms with Gasteiger partial charge in [0.2, 0.25) is 17.7 Å². The lowest BCUT2D eigenvalue weighted by Gasteiger charge is -2.18. The first-order valence-electron chi connectivity index (χ1n) is 9.09. The molecular weight excluding hydrogens is 348 g/mol. The Kier molecular flexibility index (Phi) is 10.7. The fraction of sp³-hybridized carbons (Fsp3) is 0.526. The lowest BCUT2D eigenvalue weighted by atomic mass is 10.0. The minimum Gasteiger partial charge on any atom is -0.384 e. The molecule has 0 radical (unpaired) electrons. The second kappa shape index (κ2) is 12.8. The van der Waals surface area contributed by atoms with Crippen LogP contribution in [0.5, 0.6) is 0 Å². The van der Waals surface area contributed by atoms with E-state index in [0.717, 1.165) is 5.56 Å². The van der Waals surface area contributed by atoms with Gasteiger partial charge in [-0.25, -0.2) is 0 Å². The predicted molar refractivity (Wildman–Crippen MR) is 103 cm³/mol. The van der Waals surface area contributed by atoms with Crippen molar-refractivity contribution in [3.63, 3.8) is 0 Å². The molecule has 0 fully saturated rings. The summed E-state index contributed by atoms with van der Waals surface area (Å²) in [6.07, 6.45) is 2.50. The number of primary amides is 1. The smallest absolute Gasteiger partial charge is 0.240 e. The number of nitrogens with two attached hydrogens (primary N) is 2. The molecule has 0 saturated carbocycles. The predicted octanol–water partition coefficient (Wildman–Crippen LogP) is -0.150. The Labute approximate surface area is 160 Å². The van der Waals surface area contributed by atoms with Crippen molar-refractivity contribution >= 4 is 17.7 Å². The van der Waals surface area contributed by atoms with Crippen molar-refractivity contribution in [3.05, 3.63) is 35.9 Å². The molecule has 0 heterocycles. The van der Waals surface area contributed by atoms with E-state index in [2.05, 4.69) is 10.6 Å². The Morgan fingerprint density at radius 1 is 1.15 bits per heavy atom. The molecule has 27 heavy (non-hydrogen) atoms.